The molecule has 0 aromatic heterocycles. The highest BCUT2D eigenvalue weighted by Gasteiger charge is 2.24. The number of carbonyl (C=O) groups is 1. The van der Waals surface area contributed by atoms with Gasteiger partial charge in [0.15, 0.2) is 11.5 Å². The minimum Gasteiger partial charge on any atom is -0.493 e. The van der Waals surface area contributed by atoms with E-state index in [9.17, 15) is 9.90 Å². The van der Waals surface area contributed by atoms with Gasteiger partial charge in [0.05, 0.1) is 27.4 Å². The van der Waals surface area contributed by atoms with Gasteiger partial charge in [0.1, 0.15) is 0 Å². The highest BCUT2D eigenvalue weighted by atomic mass is 35.5. The molecule has 2 atom stereocenters. The van der Waals surface area contributed by atoms with Crippen LogP contribution in [0.25, 0.3) is 0 Å². The first-order valence-corrected chi connectivity index (χ1v) is 8.03. The third kappa shape index (κ3) is 5.66. The molecule has 2 unspecified atom stereocenters. The standard InChI is InChI=1S/C17H26N2O5.ClH/c1-22-14-6-11(7-15(23-2)17(14)24-3)4-5-16(21)19-9-12-8-18-10-13(12)20;/h6-7,12-13,18,20H,4-5,8-10H2,1-3H3,(H,19,21);1H. The molecule has 1 saturated heterocycles. The Hall–Kier alpha value is -1.70. The highest BCUT2D eigenvalue weighted by Crippen LogP contribution is 2.38. The lowest BCUT2D eigenvalue weighted by molar-refractivity contribution is -0.121. The van der Waals surface area contributed by atoms with Crippen LogP contribution in [0.15, 0.2) is 12.1 Å². The first-order chi connectivity index (χ1) is 11.6. The molecule has 1 fully saturated rings. The zero-order valence-corrected chi connectivity index (χ0v) is 15.6. The molecule has 1 aliphatic heterocycles. The summed E-state index contributed by atoms with van der Waals surface area (Å²) in [6.07, 6.45) is 0.531. The van der Waals surface area contributed by atoms with Gasteiger partial charge in [-0.15, -0.1) is 12.4 Å². The summed E-state index contributed by atoms with van der Waals surface area (Å²) in [4.78, 5) is 12.0. The van der Waals surface area contributed by atoms with Gasteiger partial charge in [0.2, 0.25) is 11.7 Å². The normalized spacial score (nSPS) is 19.0. The lowest BCUT2D eigenvalue weighted by Gasteiger charge is -2.15. The largest absolute Gasteiger partial charge is 0.493 e. The molecule has 1 aromatic rings. The summed E-state index contributed by atoms with van der Waals surface area (Å²) in [6.45, 7) is 1.81. The Labute approximate surface area is 154 Å². The summed E-state index contributed by atoms with van der Waals surface area (Å²) in [5.74, 6) is 1.73. The number of benzene rings is 1. The van der Waals surface area contributed by atoms with Crippen LogP contribution >= 0.6 is 12.4 Å². The number of β-amino-alcohol motifs (C(OH)–C–C–N with tert-alkyl or cyclic N) is 1. The Kier molecular flexibility index (Phi) is 8.82. The van der Waals surface area contributed by atoms with Crippen LogP contribution in [0.3, 0.4) is 0 Å². The molecule has 0 bridgehead atoms. The Bertz CT molecular complexity index is 545. The topological polar surface area (TPSA) is 89.1 Å². The van der Waals surface area contributed by atoms with Crippen molar-refractivity contribution in [3.8, 4) is 17.2 Å². The number of ether oxygens (including phenoxy) is 3. The molecular weight excluding hydrogens is 348 g/mol. The maximum atomic E-state index is 12.0. The van der Waals surface area contributed by atoms with Gasteiger partial charge in [-0.3, -0.25) is 4.79 Å². The first kappa shape index (κ1) is 21.3. The van der Waals surface area contributed by atoms with E-state index in [2.05, 4.69) is 10.6 Å². The predicted octanol–water partition coefficient (Wildman–Crippen LogP) is 0.763. The number of hydrogen-bond donors (Lipinski definition) is 3. The SMILES string of the molecule is COc1cc(CCC(=O)NCC2CNCC2O)cc(OC)c1OC.Cl. The molecule has 8 heteroatoms. The fourth-order valence-electron chi connectivity index (χ4n) is 2.80. The van der Waals surface area contributed by atoms with Gasteiger partial charge in [0.25, 0.3) is 0 Å². The van der Waals surface area contributed by atoms with Crippen molar-refractivity contribution >= 4 is 18.3 Å². The summed E-state index contributed by atoms with van der Waals surface area (Å²) < 4.78 is 15.9. The second kappa shape index (κ2) is 10.3. The van der Waals surface area contributed by atoms with Crippen LogP contribution in [0.5, 0.6) is 17.2 Å². The molecule has 7 nitrogen and oxygen atoms in total. The van der Waals surface area contributed by atoms with Crippen molar-refractivity contribution in [3.63, 3.8) is 0 Å². The number of methoxy groups -OCH3 is 3. The Morgan fingerprint density at radius 2 is 1.84 bits per heavy atom. The lowest BCUT2D eigenvalue weighted by Crippen LogP contribution is -2.34. The molecule has 1 amide bonds. The number of nitrogens with one attached hydrogen (secondary N) is 2. The highest BCUT2D eigenvalue weighted by molar-refractivity contribution is 5.85. The van der Waals surface area contributed by atoms with Crippen molar-refractivity contribution in [2.45, 2.75) is 18.9 Å². The average Bonchev–Trinajstić information content (AvgIpc) is 3.01. The molecule has 0 spiro atoms. The van der Waals surface area contributed by atoms with E-state index in [0.29, 0.717) is 43.2 Å². The maximum Gasteiger partial charge on any atom is 0.220 e. The summed E-state index contributed by atoms with van der Waals surface area (Å²) in [7, 11) is 4.68. The van der Waals surface area contributed by atoms with E-state index >= 15 is 0 Å². The van der Waals surface area contributed by atoms with E-state index in [-0.39, 0.29) is 30.3 Å². The average molecular weight is 375 g/mol. The molecule has 0 saturated carbocycles. The van der Waals surface area contributed by atoms with Crippen molar-refractivity contribution in [3.05, 3.63) is 17.7 Å². The van der Waals surface area contributed by atoms with Crippen molar-refractivity contribution < 1.29 is 24.1 Å². The zero-order valence-electron chi connectivity index (χ0n) is 14.8. The number of aryl methyl sites for hydroxylation is 1. The number of aliphatic hydroxyl groups excluding tert-OH is 1. The summed E-state index contributed by atoms with van der Waals surface area (Å²) in [6, 6.07) is 3.69. The van der Waals surface area contributed by atoms with Gasteiger partial charge < -0.3 is 30.0 Å². The fraction of sp³-hybridized carbons (Fsp3) is 0.588. The van der Waals surface area contributed by atoms with Crippen LogP contribution < -0.4 is 24.8 Å². The fourth-order valence-corrected chi connectivity index (χ4v) is 2.80. The van der Waals surface area contributed by atoms with Crippen molar-refractivity contribution in [2.75, 3.05) is 41.0 Å². The molecule has 25 heavy (non-hydrogen) atoms. The number of aliphatic hydroxyl groups is 1. The van der Waals surface area contributed by atoms with Crippen molar-refractivity contribution in [1.82, 2.24) is 10.6 Å². The molecule has 1 aromatic carbocycles. The molecule has 0 aliphatic carbocycles. The third-order valence-corrected chi connectivity index (χ3v) is 4.23. The van der Waals surface area contributed by atoms with Gasteiger partial charge in [0, 0.05) is 32.0 Å². The first-order valence-electron chi connectivity index (χ1n) is 8.03. The van der Waals surface area contributed by atoms with E-state index < -0.39 is 0 Å². The Balaban J connectivity index is 0.00000312. The van der Waals surface area contributed by atoms with Crippen LogP contribution in [0.1, 0.15) is 12.0 Å². The van der Waals surface area contributed by atoms with Crippen LogP contribution in [0.4, 0.5) is 0 Å². The van der Waals surface area contributed by atoms with E-state index in [1.165, 1.54) is 0 Å². The minimum absolute atomic E-state index is 0. The van der Waals surface area contributed by atoms with Crippen LogP contribution in [-0.4, -0.2) is 58.1 Å². The van der Waals surface area contributed by atoms with E-state index in [1.807, 2.05) is 12.1 Å². The summed E-state index contributed by atoms with van der Waals surface area (Å²) in [5.41, 5.74) is 0.933. The second-order valence-corrected chi connectivity index (χ2v) is 5.82. The maximum absolute atomic E-state index is 12.0. The molecule has 1 heterocycles. The number of halogens is 1. The molecular formula is C17H27ClN2O5. The number of carbonyl (C=O) groups excluding carboxylic acids is 1. The minimum atomic E-state index is -0.389. The monoisotopic (exact) mass is 374 g/mol. The number of amides is 1. The van der Waals surface area contributed by atoms with Crippen LogP contribution in [0.2, 0.25) is 0 Å². The lowest BCUT2D eigenvalue weighted by atomic mass is 10.1. The van der Waals surface area contributed by atoms with Crippen molar-refractivity contribution in [1.29, 1.82) is 0 Å². The third-order valence-electron chi connectivity index (χ3n) is 4.23. The Morgan fingerprint density at radius 3 is 2.32 bits per heavy atom. The summed E-state index contributed by atoms with van der Waals surface area (Å²) in [5, 5.41) is 15.7. The van der Waals surface area contributed by atoms with Gasteiger partial charge >= 0.3 is 0 Å². The van der Waals surface area contributed by atoms with E-state index in [0.717, 1.165) is 12.1 Å². The number of hydrogen-bond acceptors (Lipinski definition) is 6. The van der Waals surface area contributed by atoms with E-state index in [1.54, 1.807) is 21.3 Å². The van der Waals surface area contributed by atoms with E-state index in [4.69, 9.17) is 14.2 Å². The van der Waals surface area contributed by atoms with Gasteiger partial charge in [-0.2, -0.15) is 0 Å². The van der Waals surface area contributed by atoms with Gasteiger partial charge in [-0.1, -0.05) is 0 Å². The van der Waals surface area contributed by atoms with Gasteiger partial charge in [-0.25, -0.2) is 0 Å². The predicted molar refractivity (Wildman–Crippen MR) is 97.0 cm³/mol. The second-order valence-electron chi connectivity index (χ2n) is 5.82. The molecule has 0 radical (unpaired) electrons. The number of rotatable bonds is 8. The molecule has 142 valence electrons. The molecule has 1 aliphatic rings. The molecule has 2 rings (SSSR count). The smallest absolute Gasteiger partial charge is 0.220 e. The quantitative estimate of drug-likeness (QED) is 0.622. The summed E-state index contributed by atoms with van der Waals surface area (Å²) >= 11 is 0. The van der Waals surface area contributed by atoms with Crippen LogP contribution in [0, 0.1) is 5.92 Å². The van der Waals surface area contributed by atoms with Crippen molar-refractivity contribution in [2.24, 2.45) is 5.92 Å². The Morgan fingerprint density at radius 1 is 1.20 bits per heavy atom. The molecule has 3 N–H and O–H groups in total. The van der Waals surface area contributed by atoms with Gasteiger partial charge in [-0.05, 0) is 24.1 Å². The zero-order chi connectivity index (χ0) is 17.5. The van der Waals surface area contributed by atoms with Crippen LogP contribution in [-0.2, 0) is 11.2 Å².